The van der Waals surface area contributed by atoms with Crippen molar-refractivity contribution < 1.29 is 14.3 Å². The minimum atomic E-state index is -1.12. The topological polar surface area (TPSA) is 62.5 Å². The van der Waals surface area contributed by atoms with Crippen molar-refractivity contribution in [1.29, 1.82) is 0 Å². The first-order chi connectivity index (χ1) is 9.77. The molecular formula is C16H27NO3S. The van der Waals surface area contributed by atoms with E-state index in [2.05, 4.69) is 12.2 Å². The van der Waals surface area contributed by atoms with Crippen LogP contribution in [0.3, 0.4) is 0 Å². The summed E-state index contributed by atoms with van der Waals surface area (Å²) in [5.74, 6) is 2.41. The summed E-state index contributed by atoms with van der Waals surface area (Å²) >= 11 is 1.65. The first-order valence-electron chi connectivity index (χ1n) is 7.47. The van der Waals surface area contributed by atoms with Crippen molar-refractivity contribution in [2.45, 2.75) is 58.3 Å². The number of aryl methyl sites for hydroxylation is 2. The van der Waals surface area contributed by atoms with Crippen LogP contribution in [0.5, 0.6) is 0 Å². The van der Waals surface area contributed by atoms with Gasteiger partial charge in [0.25, 0.3) is 0 Å². The molecule has 0 bridgehead atoms. The summed E-state index contributed by atoms with van der Waals surface area (Å²) in [5, 5.41) is 13.3. The lowest BCUT2D eigenvalue weighted by atomic mass is 9.96. The fourth-order valence-electron chi connectivity index (χ4n) is 2.14. The monoisotopic (exact) mass is 313 g/mol. The Morgan fingerprint density at radius 1 is 1.52 bits per heavy atom. The molecule has 0 aromatic carbocycles. The highest BCUT2D eigenvalue weighted by Crippen LogP contribution is 2.26. The summed E-state index contributed by atoms with van der Waals surface area (Å²) in [7, 11) is 0. The number of aliphatic hydroxyl groups is 1. The number of carbonyl (C=O) groups excluding carboxylic acids is 1. The number of furan rings is 1. The quantitative estimate of drug-likeness (QED) is 0.724. The molecule has 1 amide bonds. The molecule has 0 aliphatic rings. The summed E-state index contributed by atoms with van der Waals surface area (Å²) in [4.78, 5) is 12.0. The van der Waals surface area contributed by atoms with Gasteiger partial charge in [-0.3, -0.25) is 4.79 Å². The molecule has 0 aliphatic heterocycles. The Balaban J connectivity index is 2.53. The van der Waals surface area contributed by atoms with Gasteiger partial charge in [0, 0.05) is 5.56 Å². The maximum Gasteiger partial charge on any atom is 0.232 e. The van der Waals surface area contributed by atoms with Gasteiger partial charge in [-0.25, -0.2) is 0 Å². The SMILES string of the molecule is CCCCSC(C)C(=O)NCC(C)(O)c1cc(C)oc1C. The number of hydrogen-bond donors (Lipinski definition) is 2. The largest absolute Gasteiger partial charge is 0.466 e. The number of unbranched alkanes of at least 4 members (excludes halogenated alkanes) is 1. The first-order valence-corrected chi connectivity index (χ1v) is 8.52. The molecule has 5 heteroatoms. The molecule has 1 aromatic heterocycles. The third-order valence-corrected chi connectivity index (χ3v) is 4.70. The van der Waals surface area contributed by atoms with Crippen LogP contribution < -0.4 is 5.32 Å². The highest BCUT2D eigenvalue weighted by molar-refractivity contribution is 8.00. The summed E-state index contributed by atoms with van der Waals surface area (Å²) in [6.07, 6.45) is 2.25. The normalized spacial score (nSPS) is 15.5. The second-order valence-corrected chi connectivity index (χ2v) is 7.13. The molecule has 0 saturated carbocycles. The summed E-state index contributed by atoms with van der Waals surface area (Å²) < 4.78 is 5.44. The molecule has 1 aromatic rings. The van der Waals surface area contributed by atoms with Crippen molar-refractivity contribution in [3.05, 3.63) is 23.2 Å². The Morgan fingerprint density at radius 2 is 2.19 bits per heavy atom. The maximum atomic E-state index is 12.0. The van der Waals surface area contributed by atoms with Gasteiger partial charge in [-0.1, -0.05) is 13.3 Å². The Hall–Kier alpha value is -0.940. The third kappa shape index (κ3) is 5.40. The Bertz CT molecular complexity index is 468. The number of hydrogen-bond acceptors (Lipinski definition) is 4. The average Bonchev–Trinajstić information content (AvgIpc) is 2.76. The first kappa shape index (κ1) is 18.1. The van der Waals surface area contributed by atoms with Crippen molar-refractivity contribution in [2.24, 2.45) is 0 Å². The molecule has 1 heterocycles. The molecule has 2 N–H and O–H groups in total. The minimum Gasteiger partial charge on any atom is -0.466 e. The van der Waals surface area contributed by atoms with E-state index in [0.29, 0.717) is 5.76 Å². The van der Waals surface area contributed by atoms with Crippen LogP contribution in [0.15, 0.2) is 10.5 Å². The number of thioether (sulfide) groups is 1. The molecule has 4 nitrogen and oxygen atoms in total. The van der Waals surface area contributed by atoms with Crippen LogP contribution in [0.25, 0.3) is 0 Å². The van der Waals surface area contributed by atoms with Crippen molar-refractivity contribution >= 4 is 17.7 Å². The number of rotatable bonds is 8. The molecule has 2 unspecified atom stereocenters. The van der Waals surface area contributed by atoms with Gasteiger partial charge in [0.15, 0.2) is 0 Å². The third-order valence-electron chi connectivity index (χ3n) is 3.46. The second kappa shape index (κ2) is 7.90. The van der Waals surface area contributed by atoms with E-state index in [1.165, 1.54) is 0 Å². The number of carbonyl (C=O) groups is 1. The molecule has 0 spiro atoms. The number of amides is 1. The number of nitrogens with one attached hydrogen (secondary N) is 1. The summed E-state index contributed by atoms with van der Waals surface area (Å²) in [6, 6.07) is 1.82. The van der Waals surface area contributed by atoms with Crippen LogP contribution in [0.1, 0.15) is 50.7 Å². The van der Waals surface area contributed by atoms with E-state index in [0.717, 1.165) is 29.9 Å². The van der Waals surface area contributed by atoms with Gasteiger partial charge in [-0.05, 0) is 45.9 Å². The molecule has 0 aliphatic carbocycles. The van der Waals surface area contributed by atoms with Crippen LogP contribution in [0.2, 0.25) is 0 Å². The fraction of sp³-hybridized carbons (Fsp3) is 0.688. The lowest BCUT2D eigenvalue weighted by Crippen LogP contribution is -2.41. The zero-order valence-electron chi connectivity index (χ0n) is 13.7. The molecule has 21 heavy (non-hydrogen) atoms. The van der Waals surface area contributed by atoms with Gasteiger partial charge >= 0.3 is 0 Å². The van der Waals surface area contributed by atoms with Crippen LogP contribution in [-0.2, 0) is 10.4 Å². The second-order valence-electron chi connectivity index (χ2n) is 5.69. The smallest absolute Gasteiger partial charge is 0.232 e. The van der Waals surface area contributed by atoms with Crippen molar-refractivity contribution in [1.82, 2.24) is 5.32 Å². The molecular weight excluding hydrogens is 286 g/mol. The van der Waals surface area contributed by atoms with Gasteiger partial charge in [-0.2, -0.15) is 0 Å². The highest BCUT2D eigenvalue weighted by Gasteiger charge is 2.28. The summed E-state index contributed by atoms with van der Waals surface area (Å²) in [5.41, 5.74) is -0.391. The Labute approximate surface area is 131 Å². The van der Waals surface area contributed by atoms with Crippen LogP contribution in [0.4, 0.5) is 0 Å². The van der Waals surface area contributed by atoms with E-state index in [1.54, 1.807) is 18.7 Å². The lowest BCUT2D eigenvalue weighted by molar-refractivity contribution is -0.121. The predicted octanol–water partition coefficient (Wildman–Crippen LogP) is 3.14. The highest BCUT2D eigenvalue weighted by atomic mass is 32.2. The fourth-order valence-corrected chi connectivity index (χ4v) is 3.19. The Kier molecular flexibility index (Phi) is 6.81. The standard InChI is InChI=1S/C16H27NO3S/c1-6-7-8-21-13(4)15(18)17-10-16(5,19)14-9-11(2)20-12(14)3/h9,13,19H,6-8,10H2,1-5H3,(H,17,18). The van der Waals surface area contributed by atoms with Gasteiger partial charge in [0.05, 0.1) is 11.8 Å². The van der Waals surface area contributed by atoms with E-state index in [4.69, 9.17) is 4.42 Å². The van der Waals surface area contributed by atoms with Crippen LogP contribution in [-0.4, -0.2) is 28.6 Å². The molecule has 120 valence electrons. The predicted molar refractivity (Wildman–Crippen MR) is 87.6 cm³/mol. The zero-order chi connectivity index (χ0) is 16.0. The Morgan fingerprint density at radius 3 is 2.71 bits per heavy atom. The molecule has 0 fully saturated rings. The van der Waals surface area contributed by atoms with Gasteiger partial charge < -0.3 is 14.8 Å². The van der Waals surface area contributed by atoms with Crippen molar-refractivity contribution in [3.63, 3.8) is 0 Å². The van der Waals surface area contributed by atoms with E-state index >= 15 is 0 Å². The summed E-state index contributed by atoms with van der Waals surface area (Å²) in [6.45, 7) is 9.58. The van der Waals surface area contributed by atoms with Crippen LogP contribution in [0, 0.1) is 13.8 Å². The maximum absolute atomic E-state index is 12.0. The van der Waals surface area contributed by atoms with Gasteiger partial charge in [-0.15, -0.1) is 11.8 Å². The van der Waals surface area contributed by atoms with Crippen molar-refractivity contribution in [3.8, 4) is 0 Å². The molecule has 0 saturated heterocycles. The van der Waals surface area contributed by atoms with Crippen LogP contribution >= 0.6 is 11.8 Å². The van der Waals surface area contributed by atoms with Gasteiger partial charge in [0.2, 0.25) is 5.91 Å². The molecule has 1 rings (SSSR count). The van der Waals surface area contributed by atoms with Crippen molar-refractivity contribution in [2.75, 3.05) is 12.3 Å². The molecule has 2 atom stereocenters. The van der Waals surface area contributed by atoms with Gasteiger partial charge in [0.1, 0.15) is 17.1 Å². The average molecular weight is 313 g/mol. The zero-order valence-corrected chi connectivity index (χ0v) is 14.5. The van der Waals surface area contributed by atoms with E-state index < -0.39 is 5.60 Å². The lowest BCUT2D eigenvalue weighted by Gasteiger charge is -2.24. The van der Waals surface area contributed by atoms with E-state index in [1.807, 2.05) is 26.8 Å². The minimum absolute atomic E-state index is 0.0331. The van der Waals surface area contributed by atoms with E-state index in [9.17, 15) is 9.90 Å². The molecule has 0 radical (unpaired) electrons. The van der Waals surface area contributed by atoms with E-state index in [-0.39, 0.29) is 17.7 Å².